The third-order valence-corrected chi connectivity index (χ3v) is 3.98. The van der Waals surface area contributed by atoms with Crippen LogP contribution in [0.15, 0.2) is 72.9 Å². The van der Waals surface area contributed by atoms with Gasteiger partial charge in [0.15, 0.2) is 0 Å². The molecule has 0 aliphatic carbocycles. The number of hydrogen-bond acceptors (Lipinski definition) is 3. The average molecular weight is 341 g/mol. The molecule has 0 aliphatic heterocycles. The molecule has 1 heterocycles. The van der Waals surface area contributed by atoms with Crippen LogP contribution in [0.1, 0.15) is 23.1 Å². The monoisotopic (exact) mass is 341 g/mol. The summed E-state index contributed by atoms with van der Waals surface area (Å²) in [6.45, 7) is 0. The van der Waals surface area contributed by atoms with Gasteiger partial charge >= 0.3 is 5.97 Å². The first-order valence-corrected chi connectivity index (χ1v) is 8.44. The number of hydrogen-bond donors (Lipinski definition) is 0. The summed E-state index contributed by atoms with van der Waals surface area (Å²) < 4.78 is 4.66. The smallest absolute Gasteiger partial charge is 0.305 e. The number of benzene rings is 2. The molecule has 0 spiro atoms. The number of nitrogens with zero attached hydrogens (tertiary/aromatic N) is 1. The molecule has 0 N–H and O–H groups in total. The summed E-state index contributed by atoms with van der Waals surface area (Å²) >= 11 is 0. The van der Waals surface area contributed by atoms with Crippen LogP contribution in [0.25, 0.3) is 11.3 Å². The maximum atomic E-state index is 11.2. The van der Waals surface area contributed by atoms with Crippen molar-refractivity contribution in [2.45, 2.75) is 12.8 Å². The molecule has 26 heavy (non-hydrogen) atoms. The van der Waals surface area contributed by atoms with Gasteiger partial charge in [0.2, 0.25) is 0 Å². The van der Waals surface area contributed by atoms with E-state index in [1.54, 1.807) is 6.20 Å². The summed E-state index contributed by atoms with van der Waals surface area (Å²) in [6.07, 6.45) is 2.84. The molecule has 3 aromatic rings. The first-order chi connectivity index (χ1) is 12.7. The normalized spacial score (nSPS) is 9.88. The fourth-order valence-corrected chi connectivity index (χ4v) is 2.52. The number of pyridine rings is 1. The summed E-state index contributed by atoms with van der Waals surface area (Å²) in [5.41, 5.74) is 4.94. The van der Waals surface area contributed by atoms with Gasteiger partial charge in [-0.15, -0.1) is 0 Å². The van der Waals surface area contributed by atoms with Gasteiger partial charge in [-0.1, -0.05) is 54.3 Å². The zero-order valence-corrected chi connectivity index (χ0v) is 14.6. The lowest BCUT2D eigenvalue weighted by Crippen LogP contribution is -2.01. The minimum absolute atomic E-state index is 0.194. The van der Waals surface area contributed by atoms with Gasteiger partial charge in [-0.05, 0) is 36.2 Å². The molecule has 3 nitrogen and oxygen atoms in total. The number of methoxy groups -OCH3 is 1. The molecule has 0 aliphatic rings. The van der Waals surface area contributed by atoms with Gasteiger partial charge in [0.25, 0.3) is 0 Å². The first-order valence-electron chi connectivity index (χ1n) is 8.44. The largest absolute Gasteiger partial charge is 0.469 e. The van der Waals surface area contributed by atoms with Crippen LogP contribution in [0.5, 0.6) is 0 Å². The Balaban J connectivity index is 1.70. The summed E-state index contributed by atoms with van der Waals surface area (Å²) in [5.74, 6) is 6.17. The van der Waals surface area contributed by atoms with Crippen LogP contribution in [-0.4, -0.2) is 18.1 Å². The molecule has 0 saturated carbocycles. The Labute approximate surface area is 153 Å². The lowest BCUT2D eigenvalue weighted by Gasteiger charge is -2.01. The van der Waals surface area contributed by atoms with E-state index in [-0.39, 0.29) is 5.97 Å². The van der Waals surface area contributed by atoms with Crippen molar-refractivity contribution in [1.82, 2.24) is 4.98 Å². The summed E-state index contributed by atoms with van der Waals surface area (Å²) in [5, 5.41) is 0. The second kappa shape index (κ2) is 8.64. The van der Waals surface area contributed by atoms with Crippen LogP contribution in [-0.2, 0) is 16.0 Å². The highest BCUT2D eigenvalue weighted by molar-refractivity contribution is 5.69. The van der Waals surface area contributed by atoms with E-state index < -0.39 is 0 Å². The van der Waals surface area contributed by atoms with Crippen LogP contribution >= 0.6 is 0 Å². The maximum Gasteiger partial charge on any atom is 0.305 e. The van der Waals surface area contributed by atoms with Crippen molar-refractivity contribution in [2.24, 2.45) is 0 Å². The SMILES string of the molecule is COC(=O)CCc1ccc(C#Cc2ccnc(-c3ccccc3)c2)cc1. The topological polar surface area (TPSA) is 39.2 Å². The molecule has 0 fully saturated rings. The first kappa shape index (κ1) is 17.4. The molecule has 0 amide bonds. The molecular weight excluding hydrogens is 322 g/mol. The van der Waals surface area contributed by atoms with E-state index >= 15 is 0 Å². The predicted octanol–water partition coefficient (Wildman–Crippen LogP) is 4.25. The standard InChI is InChI=1S/C23H19NO2/c1-26-23(25)14-13-19-9-7-18(8-10-19)11-12-20-15-16-24-22(17-20)21-5-3-2-4-6-21/h2-10,15-17H,13-14H2,1H3. The van der Waals surface area contributed by atoms with E-state index in [0.717, 1.165) is 27.9 Å². The Hall–Kier alpha value is -3.38. The van der Waals surface area contributed by atoms with Crippen LogP contribution in [0.2, 0.25) is 0 Å². The van der Waals surface area contributed by atoms with Crippen LogP contribution < -0.4 is 0 Å². The third kappa shape index (κ3) is 4.81. The number of ether oxygens (including phenoxy) is 1. The van der Waals surface area contributed by atoms with Crippen molar-refractivity contribution in [2.75, 3.05) is 7.11 Å². The Kier molecular flexibility index (Phi) is 5.80. The lowest BCUT2D eigenvalue weighted by atomic mass is 10.1. The van der Waals surface area contributed by atoms with Crippen molar-refractivity contribution >= 4 is 5.97 Å². The molecule has 1 aromatic heterocycles. The van der Waals surface area contributed by atoms with Crippen molar-refractivity contribution in [3.8, 4) is 23.1 Å². The highest BCUT2D eigenvalue weighted by atomic mass is 16.5. The number of carbonyl (C=O) groups is 1. The fourth-order valence-electron chi connectivity index (χ4n) is 2.52. The summed E-state index contributed by atoms with van der Waals surface area (Å²) in [4.78, 5) is 15.6. The number of rotatable bonds is 4. The Morgan fingerprint density at radius 3 is 2.42 bits per heavy atom. The molecule has 128 valence electrons. The number of esters is 1. The van der Waals surface area contributed by atoms with Gasteiger partial charge in [0, 0.05) is 29.3 Å². The van der Waals surface area contributed by atoms with Gasteiger partial charge in [0.05, 0.1) is 12.8 Å². The van der Waals surface area contributed by atoms with E-state index in [0.29, 0.717) is 12.8 Å². The average Bonchev–Trinajstić information content (AvgIpc) is 2.72. The van der Waals surface area contributed by atoms with Crippen LogP contribution in [0.4, 0.5) is 0 Å². The minimum atomic E-state index is -0.194. The van der Waals surface area contributed by atoms with Gasteiger partial charge in [-0.3, -0.25) is 9.78 Å². The Morgan fingerprint density at radius 2 is 1.69 bits per heavy atom. The van der Waals surface area contributed by atoms with E-state index in [1.165, 1.54) is 7.11 Å². The Bertz CT molecular complexity index is 935. The third-order valence-electron chi connectivity index (χ3n) is 3.98. The van der Waals surface area contributed by atoms with Crippen molar-refractivity contribution in [3.63, 3.8) is 0 Å². The molecule has 0 atom stereocenters. The molecule has 3 rings (SSSR count). The molecule has 2 aromatic carbocycles. The zero-order chi connectivity index (χ0) is 18.2. The second-order valence-electron chi connectivity index (χ2n) is 5.82. The highest BCUT2D eigenvalue weighted by Crippen LogP contribution is 2.16. The van der Waals surface area contributed by atoms with E-state index in [4.69, 9.17) is 0 Å². The van der Waals surface area contributed by atoms with E-state index in [1.807, 2.05) is 66.7 Å². The predicted molar refractivity (Wildman–Crippen MR) is 102 cm³/mol. The zero-order valence-electron chi connectivity index (χ0n) is 14.6. The minimum Gasteiger partial charge on any atom is -0.469 e. The van der Waals surface area contributed by atoms with Crippen LogP contribution in [0, 0.1) is 11.8 Å². The molecule has 0 bridgehead atoms. The number of carbonyl (C=O) groups excluding carboxylic acids is 1. The van der Waals surface area contributed by atoms with Gasteiger partial charge in [0.1, 0.15) is 0 Å². The molecular formula is C23H19NO2. The molecule has 0 saturated heterocycles. The number of aryl methyl sites for hydroxylation is 1. The maximum absolute atomic E-state index is 11.2. The van der Waals surface area contributed by atoms with E-state index in [9.17, 15) is 4.79 Å². The summed E-state index contributed by atoms with van der Waals surface area (Å²) in [7, 11) is 1.41. The van der Waals surface area contributed by atoms with Crippen molar-refractivity contribution in [3.05, 3.63) is 89.6 Å². The second-order valence-corrected chi connectivity index (χ2v) is 5.82. The summed E-state index contributed by atoms with van der Waals surface area (Å²) in [6, 6.07) is 21.9. The fraction of sp³-hybridized carbons (Fsp3) is 0.130. The molecule has 0 radical (unpaired) electrons. The van der Waals surface area contributed by atoms with Gasteiger partial charge < -0.3 is 4.74 Å². The van der Waals surface area contributed by atoms with Crippen molar-refractivity contribution < 1.29 is 9.53 Å². The van der Waals surface area contributed by atoms with Crippen molar-refractivity contribution in [1.29, 1.82) is 0 Å². The lowest BCUT2D eigenvalue weighted by molar-refractivity contribution is -0.140. The van der Waals surface area contributed by atoms with Crippen LogP contribution in [0.3, 0.4) is 0 Å². The highest BCUT2D eigenvalue weighted by Gasteiger charge is 2.01. The molecule has 0 unspecified atom stereocenters. The Morgan fingerprint density at radius 1 is 0.962 bits per heavy atom. The molecule has 3 heteroatoms. The van der Waals surface area contributed by atoms with E-state index in [2.05, 4.69) is 21.6 Å². The van der Waals surface area contributed by atoms with Gasteiger partial charge in [-0.25, -0.2) is 0 Å². The van der Waals surface area contributed by atoms with Gasteiger partial charge in [-0.2, -0.15) is 0 Å². The quantitative estimate of drug-likeness (QED) is 0.526. The number of aromatic nitrogens is 1.